The number of H-pyrrole nitrogens is 1. The number of benzene rings is 2. The molecule has 4 rings (SSSR count). The summed E-state index contributed by atoms with van der Waals surface area (Å²) in [7, 11) is 1.73. The third-order valence-electron chi connectivity index (χ3n) is 4.84. The number of hydrogen-bond donors (Lipinski definition) is 1. The Morgan fingerprint density at radius 1 is 1.15 bits per heavy atom. The molecule has 0 radical (unpaired) electrons. The van der Waals surface area contributed by atoms with Gasteiger partial charge in [0.25, 0.3) is 0 Å². The largest absolute Gasteiger partial charge is 0.496 e. The van der Waals surface area contributed by atoms with Gasteiger partial charge in [0.15, 0.2) is 0 Å². The van der Waals surface area contributed by atoms with Gasteiger partial charge in [-0.25, -0.2) is 0 Å². The highest BCUT2D eigenvalue weighted by atomic mass is 16.5. The summed E-state index contributed by atoms with van der Waals surface area (Å²) in [5.74, 6) is 0.938. The Balaban J connectivity index is 0.000000948. The number of nitriles is 1. The Labute approximate surface area is 155 Å². The zero-order valence-electron chi connectivity index (χ0n) is 15.9. The number of nitrogens with zero attached hydrogens (tertiary/aromatic N) is 2. The minimum Gasteiger partial charge on any atom is -0.496 e. The Kier molecular flexibility index (Phi) is 5.29. The van der Waals surface area contributed by atoms with Gasteiger partial charge in [0.05, 0.1) is 18.7 Å². The molecule has 0 spiro atoms. The van der Waals surface area contributed by atoms with Crippen LogP contribution in [-0.4, -0.2) is 17.0 Å². The molecule has 0 atom stereocenters. The molecule has 0 aliphatic carbocycles. The Morgan fingerprint density at radius 3 is 2.65 bits per heavy atom. The number of ether oxygens (including phenoxy) is 1. The number of aromatic nitrogens is 1. The first-order valence-corrected chi connectivity index (χ1v) is 9.07. The summed E-state index contributed by atoms with van der Waals surface area (Å²) in [5, 5.41) is 10.3. The van der Waals surface area contributed by atoms with Gasteiger partial charge in [-0.3, -0.25) is 4.90 Å². The second kappa shape index (κ2) is 7.63. The predicted molar refractivity (Wildman–Crippen MR) is 105 cm³/mol. The topological polar surface area (TPSA) is 52.0 Å². The summed E-state index contributed by atoms with van der Waals surface area (Å²) in [6.07, 6.45) is 1.98. The van der Waals surface area contributed by atoms with Gasteiger partial charge in [-0.2, -0.15) is 5.26 Å². The van der Waals surface area contributed by atoms with Crippen molar-refractivity contribution in [1.82, 2.24) is 9.88 Å². The molecule has 1 aromatic heterocycles. The molecule has 0 unspecified atom stereocenters. The number of methoxy groups -OCH3 is 1. The SMILES string of the molecule is CC.COc1cc(C)c2[nH]ccc2c1CN1Cc2ccc(C#N)cc2C1. The van der Waals surface area contributed by atoms with Gasteiger partial charge in [0.1, 0.15) is 5.75 Å². The highest BCUT2D eigenvalue weighted by Crippen LogP contribution is 2.34. The molecule has 4 heteroatoms. The summed E-state index contributed by atoms with van der Waals surface area (Å²) >= 11 is 0. The maximum atomic E-state index is 9.08. The second-order valence-electron chi connectivity index (χ2n) is 6.38. The quantitative estimate of drug-likeness (QED) is 0.733. The molecule has 1 aliphatic rings. The minimum atomic E-state index is 0.733. The lowest BCUT2D eigenvalue weighted by Crippen LogP contribution is -2.16. The number of nitrogens with one attached hydrogen (secondary N) is 1. The van der Waals surface area contributed by atoms with Crippen LogP contribution in [0.2, 0.25) is 0 Å². The van der Waals surface area contributed by atoms with Crippen LogP contribution in [0.15, 0.2) is 36.5 Å². The van der Waals surface area contributed by atoms with Crippen LogP contribution < -0.4 is 4.74 Å². The molecule has 0 fully saturated rings. The summed E-state index contributed by atoms with van der Waals surface area (Å²) in [6, 6.07) is 12.4. The van der Waals surface area contributed by atoms with Crippen LogP contribution in [0.5, 0.6) is 5.75 Å². The van der Waals surface area contributed by atoms with E-state index in [1.807, 2.05) is 32.2 Å². The monoisotopic (exact) mass is 347 g/mol. The zero-order chi connectivity index (χ0) is 18.7. The van der Waals surface area contributed by atoms with Crippen LogP contribution in [0.25, 0.3) is 10.9 Å². The van der Waals surface area contributed by atoms with Crippen molar-refractivity contribution in [3.05, 3.63) is 64.3 Å². The Hall–Kier alpha value is -2.77. The van der Waals surface area contributed by atoms with Crippen molar-refractivity contribution in [2.24, 2.45) is 0 Å². The molecule has 1 aliphatic heterocycles. The first-order chi connectivity index (χ1) is 12.7. The van der Waals surface area contributed by atoms with Crippen LogP contribution in [0, 0.1) is 18.3 Å². The fraction of sp³-hybridized carbons (Fsp3) is 0.318. The summed E-state index contributed by atoms with van der Waals surface area (Å²) in [4.78, 5) is 5.72. The van der Waals surface area contributed by atoms with Crippen molar-refractivity contribution in [2.45, 2.75) is 40.4 Å². The van der Waals surface area contributed by atoms with Gasteiger partial charge in [-0.1, -0.05) is 19.9 Å². The molecular weight excluding hydrogens is 322 g/mol. The smallest absolute Gasteiger partial charge is 0.124 e. The maximum absolute atomic E-state index is 9.08. The van der Waals surface area contributed by atoms with Crippen molar-refractivity contribution in [3.8, 4) is 11.8 Å². The summed E-state index contributed by atoms with van der Waals surface area (Å²) in [5.41, 5.74) is 6.88. The van der Waals surface area contributed by atoms with Gasteiger partial charge in [-0.15, -0.1) is 0 Å². The van der Waals surface area contributed by atoms with Crippen LogP contribution in [0.1, 0.15) is 41.7 Å². The maximum Gasteiger partial charge on any atom is 0.124 e. The van der Waals surface area contributed by atoms with Crippen molar-refractivity contribution in [2.75, 3.05) is 7.11 Å². The van der Waals surface area contributed by atoms with Crippen LogP contribution in [0.4, 0.5) is 0 Å². The lowest BCUT2D eigenvalue weighted by atomic mass is 10.0. The highest BCUT2D eigenvalue weighted by molar-refractivity contribution is 5.88. The van der Waals surface area contributed by atoms with Gasteiger partial charge in [0.2, 0.25) is 0 Å². The molecule has 2 heterocycles. The molecule has 0 saturated heterocycles. The van der Waals surface area contributed by atoms with Crippen molar-refractivity contribution in [1.29, 1.82) is 5.26 Å². The van der Waals surface area contributed by atoms with E-state index in [2.05, 4.69) is 41.1 Å². The zero-order valence-corrected chi connectivity index (χ0v) is 15.9. The molecule has 1 N–H and O–H groups in total. The molecule has 4 nitrogen and oxygen atoms in total. The number of aryl methyl sites for hydroxylation is 1. The van der Waals surface area contributed by atoms with E-state index in [1.165, 1.54) is 33.2 Å². The lowest BCUT2D eigenvalue weighted by Gasteiger charge is -2.19. The normalized spacial score (nSPS) is 13.0. The number of hydrogen-bond acceptors (Lipinski definition) is 3. The van der Waals surface area contributed by atoms with E-state index in [4.69, 9.17) is 10.00 Å². The van der Waals surface area contributed by atoms with Crippen LogP contribution in [-0.2, 0) is 19.6 Å². The fourth-order valence-electron chi connectivity index (χ4n) is 3.65. The summed E-state index contributed by atoms with van der Waals surface area (Å²) < 4.78 is 5.64. The van der Waals surface area contributed by atoms with Gasteiger partial charge in [-0.05, 0) is 47.9 Å². The molecule has 26 heavy (non-hydrogen) atoms. The van der Waals surface area contributed by atoms with E-state index in [0.717, 1.165) is 30.9 Å². The average Bonchev–Trinajstić information content (AvgIpc) is 3.31. The van der Waals surface area contributed by atoms with Gasteiger partial charge < -0.3 is 9.72 Å². The Bertz CT molecular complexity index is 965. The Morgan fingerprint density at radius 2 is 1.92 bits per heavy atom. The molecule has 0 saturated carbocycles. The van der Waals surface area contributed by atoms with Crippen LogP contribution in [0.3, 0.4) is 0 Å². The molecule has 0 bridgehead atoms. The average molecular weight is 347 g/mol. The molecule has 134 valence electrons. The highest BCUT2D eigenvalue weighted by Gasteiger charge is 2.22. The number of aromatic amines is 1. The van der Waals surface area contributed by atoms with E-state index in [0.29, 0.717) is 0 Å². The second-order valence-corrected chi connectivity index (χ2v) is 6.38. The van der Waals surface area contributed by atoms with E-state index >= 15 is 0 Å². The standard InChI is InChI=1S/C20H19N3O.C2H6/c1-13-7-19(24-2)18(17-5-6-22-20(13)17)12-23-10-15-4-3-14(9-21)8-16(15)11-23;1-2/h3-8,22H,10-12H2,1-2H3;1-2H3. The van der Waals surface area contributed by atoms with Gasteiger partial charge >= 0.3 is 0 Å². The predicted octanol–water partition coefficient (Wildman–Crippen LogP) is 4.90. The van der Waals surface area contributed by atoms with Crippen molar-refractivity contribution < 1.29 is 4.74 Å². The molecule has 0 amide bonds. The van der Waals surface area contributed by atoms with Crippen molar-refractivity contribution >= 4 is 10.9 Å². The van der Waals surface area contributed by atoms with E-state index in [9.17, 15) is 0 Å². The minimum absolute atomic E-state index is 0.733. The third-order valence-corrected chi connectivity index (χ3v) is 4.84. The van der Waals surface area contributed by atoms with E-state index < -0.39 is 0 Å². The fourth-order valence-corrected chi connectivity index (χ4v) is 3.65. The lowest BCUT2D eigenvalue weighted by molar-refractivity contribution is 0.271. The molecule has 3 aromatic rings. The van der Waals surface area contributed by atoms with Gasteiger partial charge in [0, 0.05) is 42.3 Å². The third kappa shape index (κ3) is 3.18. The molecular formula is C22H25N3O. The molecule has 2 aromatic carbocycles. The first-order valence-electron chi connectivity index (χ1n) is 9.07. The number of rotatable bonds is 3. The van der Waals surface area contributed by atoms with E-state index in [1.54, 1.807) is 7.11 Å². The van der Waals surface area contributed by atoms with Crippen LogP contribution >= 0.6 is 0 Å². The summed E-state index contributed by atoms with van der Waals surface area (Å²) in [6.45, 7) is 8.70. The first kappa shape index (κ1) is 18.0. The van der Waals surface area contributed by atoms with E-state index in [-0.39, 0.29) is 0 Å². The number of fused-ring (bicyclic) bond motifs is 2. The van der Waals surface area contributed by atoms with Crippen molar-refractivity contribution in [3.63, 3.8) is 0 Å².